The normalized spacial score (nSPS) is 18.4. The molecule has 0 heterocycles. The van der Waals surface area contributed by atoms with Gasteiger partial charge in [0.1, 0.15) is 4.90 Å². The average Bonchev–Trinajstić information content (AvgIpc) is 2.23. The van der Waals surface area contributed by atoms with Crippen molar-refractivity contribution in [1.29, 1.82) is 0 Å². The van der Waals surface area contributed by atoms with E-state index >= 15 is 0 Å². The fourth-order valence-electron chi connectivity index (χ4n) is 1.97. The molecular weight excluding hydrogens is 297 g/mol. The molecule has 2 N–H and O–H groups in total. The van der Waals surface area contributed by atoms with Crippen LogP contribution in [0.1, 0.15) is 19.3 Å². The third kappa shape index (κ3) is 2.51. The van der Waals surface area contributed by atoms with Crippen LogP contribution >= 0.6 is 23.2 Å². The maximum Gasteiger partial charge on any atom is 0.244 e. The van der Waals surface area contributed by atoms with E-state index in [2.05, 4.69) is 4.72 Å². The van der Waals surface area contributed by atoms with Crippen LogP contribution in [0, 0.1) is 0 Å². The predicted octanol–water partition coefficient (Wildman–Crippen LogP) is 2.19. The molecular formula is C11H13Cl2NO3S. The molecule has 4 nitrogen and oxygen atoms in total. The fourth-order valence-corrected chi connectivity index (χ4v) is 4.57. The second-order valence-corrected chi connectivity index (χ2v) is 6.88. The van der Waals surface area contributed by atoms with Crippen molar-refractivity contribution < 1.29 is 13.5 Å². The quantitative estimate of drug-likeness (QED) is 0.896. The number of aliphatic hydroxyl groups excluding tert-OH is 1. The first-order valence-corrected chi connectivity index (χ1v) is 7.73. The molecule has 1 aliphatic rings. The van der Waals surface area contributed by atoms with Gasteiger partial charge in [-0.25, -0.2) is 13.1 Å². The minimum atomic E-state index is -3.83. The third-order valence-electron chi connectivity index (χ3n) is 3.15. The molecule has 1 saturated carbocycles. The summed E-state index contributed by atoms with van der Waals surface area (Å²) in [7, 11) is -3.83. The first-order chi connectivity index (χ1) is 8.40. The van der Waals surface area contributed by atoms with Crippen LogP contribution in [0.25, 0.3) is 0 Å². The number of benzene rings is 1. The number of rotatable bonds is 4. The molecule has 1 fully saturated rings. The van der Waals surface area contributed by atoms with Crippen molar-refractivity contribution in [2.45, 2.75) is 29.7 Å². The standard InChI is InChI=1S/C11H13Cl2NO3S/c12-8-3-1-4-9(13)10(8)18(16,17)14-11(7-15)5-2-6-11/h1,3-4,14-15H,2,5-7H2. The lowest BCUT2D eigenvalue weighted by molar-refractivity contribution is 0.110. The van der Waals surface area contributed by atoms with Gasteiger partial charge in [-0.2, -0.15) is 0 Å². The molecule has 7 heteroatoms. The molecule has 100 valence electrons. The molecule has 0 saturated heterocycles. The van der Waals surface area contributed by atoms with Gasteiger partial charge in [-0.1, -0.05) is 29.3 Å². The average molecular weight is 310 g/mol. The summed E-state index contributed by atoms with van der Waals surface area (Å²) in [4.78, 5) is -0.131. The summed E-state index contributed by atoms with van der Waals surface area (Å²) in [6.07, 6.45) is 2.12. The van der Waals surface area contributed by atoms with Crippen molar-refractivity contribution in [1.82, 2.24) is 4.72 Å². The highest BCUT2D eigenvalue weighted by atomic mass is 35.5. The summed E-state index contributed by atoms with van der Waals surface area (Å²) >= 11 is 11.8. The van der Waals surface area contributed by atoms with Crippen LogP contribution < -0.4 is 4.72 Å². The second kappa shape index (κ2) is 4.98. The highest BCUT2D eigenvalue weighted by Gasteiger charge is 2.41. The maximum absolute atomic E-state index is 12.3. The minimum Gasteiger partial charge on any atom is -0.394 e. The van der Waals surface area contributed by atoms with E-state index in [9.17, 15) is 13.5 Å². The van der Waals surface area contributed by atoms with E-state index in [0.717, 1.165) is 6.42 Å². The van der Waals surface area contributed by atoms with Crippen molar-refractivity contribution in [3.63, 3.8) is 0 Å². The van der Waals surface area contributed by atoms with Crippen molar-refractivity contribution in [3.8, 4) is 0 Å². The molecule has 0 atom stereocenters. The van der Waals surface area contributed by atoms with Crippen LogP contribution in [-0.2, 0) is 10.0 Å². The summed E-state index contributed by atoms with van der Waals surface area (Å²) in [5.74, 6) is 0. The number of hydrogen-bond donors (Lipinski definition) is 2. The molecule has 1 aromatic rings. The highest BCUT2D eigenvalue weighted by Crippen LogP contribution is 2.35. The lowest BCUT2D eigenvalue weighted by Crippen LogP contribution is -2.56. The largest absolute Gasteiger partial charge is 0.394 e. The van der Waals surface area contributed by atoms with Gasteiger partial charge in [-0.05, 0) is 31.4 Å². The Morgan fingerprint density at radius 2 is 1.83 bits per heavy atom. The van der Waals surface area contributed by atoms with Crippen LogP contribution in [0.5, 0.6) is 0 Å². The van der Waals surface area contributed by atoms with Gasteiger partial charge in [0, 0.05) is 0 Å². The van der Waals surface area contributed by atoms with Crippen molar-refractivity contribution >= 4 is 33.2 Å². The number of aliphatic hydroxyl groups is 1. The summed E-state index contributed by atoms with van der Waals surface area (Å²) in [6, 6.07) is 4.51. The zero-order valence-electron chi connectivity index (χ0n) is 9.49. The zero-order chi connectivity index (χ0) is 13.4. The van der Waals surface area contributed by atoms with Gasteiger partial charge < -0.3 is 5.11 Å². The maximum atomic E-state index is 12.3. The van der Waals surface area contributed by atoms with Crippen LogP contribution in [0.2, 0.25) is 10.0 Å². The van der Waals surface area contributed by atoms with Crippen molar-refractivity contribution in [3.05, 3.63) is 28.2 Å². The topological polar surface area (TPSA) is 66.4 Å². The molecule has 0 aromatic heterocycles. The Morgan fingerprint density at radius 3 is 2.22 bits per heavy atom. The first-order valence-electron chi connectivity index (χ1n) is 5.49. The summed E-state index contributed by atoms with van der Waals surface area (Å²) in [6.45, 7) is -0.228. The van der Waals surface area contributed by atoms with E-state index in [1.807, 2.05) is 0 Å². The monoisotopic (exact) mass is 309 g/mol. The summed E-state index contributed by atoms with van der Waals surface area (Å²) in [5, 5.41) is 9.44. The second-order valence-electron chi connectivity index (χ2n) is 4.45. The lowest BCUT2D eigenvalue weighted by Gasteiger charge is -2.40. The predicted molar refractivity (Wildman–Crippen MR) is 70.5 cm³/mol. The van der Waals surface area contributed by atoms with Gasteiger partial charge in [0.05, 0.1) is 22.2 Å². The number of hydrogen-bond acceptors (Lipinski definition) is 3. The SMILES string of the molecule is O=S(=O)(NC1(CO)CCC1)c1c(Cl)cccc1Cl. The van der Waals surface area contributed by atoms with E-state index in [1.54, 1.807) is 6.07 Å². The molecule has 1 aliphatic carbocycles. The number of nitrogens with one attached hydrogen (secondary N) is 1. The molecule has 18 heavy (non-hydrogen) atoms. The van der Waals surface area contributed by atoms with Gasteiger partial charge >= 0.3 is 0 Å². The van der Waals surface area contributed by atoms with Crippen molar-refractivity contribution in [2.75, 3.05) is 6.61 Å². The molecule has 0 amide bonds. The Hall–Kier alpha value is -0.330. The Balaban J connectivity index is 2.37. The lowest BCUT2D eigenvalue weighted by atomic mass is 9.78. The third-order valence-corrected chi connectivity index (χ3v) is 5.68. The van der Waals surface area contributed by atoms with E-state index in [-0.39, 0.29) is 21.5 Å². The Morgan fingerprint density at radius 1 is 1.28 bits per heavy atom. The van der Waals surface area contributed by atoms with Gasteiger partial charge in [0.25, 0.3) is 0 Å². The molecule has 0 radical (unpaired) electrons. The summed E-state index contributed by atoms with van der Waals surface area (Å²) < 4.78 is 27.0. The van der Waals surface area contributed by atoms with Crippen molar-refractivity contribution in [2.24, 2.45) is 0 Å². The first kappa shape index (κ1) is 14.1. The Bertz CT molecular complexity index is 530. The van der Waals surface area contributed by atoms with E-state index in [0.29, 0.717) is 12.8 Å². The van der Waals surface area contributed by atoms with E-state index < -0.39 is 15.6 Å². The summed E-state index contributed by atoms with van der Waals surface area (Å²) in [5.41, 5.74) is -0.763. The fraction of sp³-hybridized carbons (Fsp3) is 0.455. The molecule has 1 aromatic carbocycles. The molecule has 0 spiro atoms. The molecule has 0 unspecified atom stereocenters. The Kier molecular flexibility index (Phi) is 3.90. The van der Waals surface area contributed by atoms with E-state index in [4.69, 9.17) is 23.2 Å². The smallest absolute Gasteiger partial charge is 0.244 e. The van der Waals surface area contributed by atoms with Crippen LogP contribution in [0.3, 0.4) is 0 Å². The molecule has 2 rings (SSSR count). The van der Waals surface area contributed by atoms with Gasteiger partial charge in [0.15, 0.2) is 0 Å². The van der Waals surface area contributed by atoms with Gasteiger partial charge in [0.2, 0.25) is 10.0 Å². The Labute approximate surface area is 116 Å². The number of halogens is 2. The molecule has 0 aliphatic heterocycles. The molecule has 0 bridgehead atoms. The van der Waals surface area contributed by atoms with Crippen LogP contribution in [-0.4, -0.2) is 25.7 Å². The minimum absolute atomic E-state index is 0.0717. The van der Waals surface area contributed by atoms with E-state index in [1.165, 1.54) is 12.1 Å². The van der Waals surface area contributed by atoms with Crippen LogP contribution in [0.4, 0.5) is 0 Å². The zero-order valence-corrected chi connectivity index (χ0v) is 11.8. The van der Waals surface area contributed by atoms with Crippen LogP contribution in [0.15, 0.2) is 23.1 Å². The van der Waals surface area contributed by atoms with Gasteiger partial charge in [-0.15, -0.1) is 0 Å². The van der Waals surface area contributed by atoms with Gasteiger partial charge in [-0.3, -0.25) is 0 Å². The highest BCUT2D eigenvalue weighted by molar-refractivity contribution is 7.89. The number of sulfonamides is 1.